The van der Waals surface area contributed by atoms with Crippen LogP contribution < -0.4 is 10.0 Å². The minimum Gasteiger partial charge on any atom is -0.335 e. The van der Waals surface area contributed by atoms with E-state index < -0.39 is 0 Å². The van der Waals surface area contributed by atoms with Crippen LogP contribution in [0.2, 0.25) is 0 Å². The first-order valence-electron chi connectivity index (χ1n) is 8.65. The molecule has 0 saturated heterocycles. The Morgan fingerprint density at radius 3 is 2.26 bits per heavy atom. The molecule has 0 aromatic carbocycles. The highest BCUT2D eigenvalue weighted by molar-refractivity contribution is 7.98. The molecule has 1 aliphatic rings. The van der Waals surface area contributed by atoms with E-state index in [0.29, 0.717) is 12.1 Å². The van der Waals surface area contributed by atoms with Crippen LogP contribution in [0.25, 0.3) is 0 Å². The molecule has 0 amide bonds. The fourth-order valence-electron chi connectivity index (χ4n) is 2.65. The third-order valence-electron chi connectivity index (χ3n) is 4.02. The molecule has 0 radical (unpaired) electrons. The number of hydrogen-bond acceptors (Lipinski definition) is 6. The van der Waals surface area contributed by atoms with Crippen LogP contribution in [0.3, 0.4) is 0 Å². The summed E-state index contributed by atoms with van der Waals surface area (Å²) in [7, 11) is 0. The van der Waals surface area contributed by atoms with E-state index >= 15 is 0 Å². The predicted molar refractivity (Wildman–Crippen MR) is 97.7 cm³/mol. The molecule has 23 heavy (non-hydrogen) atoms. The zero-order chi connectivity index (χ0) is 17.1. The van der Waals surface area contributed by atoms with Gasteiger partial charge in [-0.2, -0.15) is 4.98 Å². The second kappa shape index (κ2) is 7.43. The maximum atomic E-state index is 5.34. The van der Waals surface area contributed by atoms with Crippen LogP contribution >= 0.6 is 11.9 Å². The van der Waals surface area contributed by atoms with Gasteiger partial charge in [-0.25, -0.2) is 0 Å². The number of nitrogens with zero attached hydrogens (tertiary/aromatic N) is 2. The molecule has 2 rings (SSSR count). The van der Waals surface area contributed by atoms with Crippen molar-refractivity contribution in [2.75, 3.05) is 11.9 Å². The molecule has 0 unspecified atom stereocenters. The molecule has 132 valence electrons. The molecule has 0 atom stereocenters. The van der Waals surface area contributed by atoms with E-state index in [2.05, 4.69) is 61.7 Å². The lowest BCUT2D eigenvalue weighted by Gasteiger charge is -2.29. The van der Waals surface area contributed by atoms with Crippen molar-refractivity contribution in [3.05, 3.63) is 5.82 Å². The molecule has 1 saturated carbocycles. The number of anilines is 1. The number of nitrogens with one attached hydrogen (secondary N) is 2. The minimum atomic E-state index is -0.0719. The average Bonchev–Trinajstić information content (AvgIpc) is 2.88. The Morgan fingerprint density at radius 1 is 1.09 bits per heavy atom. The monoisotopic (exact) mass is 340 g/mol. The van der Waals surface area contributed by atoms with Crippen molar-refractivity contribution in [3.63, 3.8) is 0 Å². The van der Waals surface area contributed by atoms with Crippen LogP contribution in [-0.4, -0.2) is 27.5 Å². The first-order chi connectivity index (χ1) is 10.6. The Kier molecular flexibility index (Phi) is 6.00. The van der Waals surface area contributed by atoms with Gasteiger partial charge in [-0.05, 0) is 52.4 Å². The van der Waals surface area contributed by atoms with E-state index in [4.69, 9.17) is 4.52 Å². The van der Waals surface area contributed by atoms with Crippen LogP contribution in [0.1, 0.15) is 73.1 Å². The Bertz CT molecular complexity index is 482. The van der Waals surface area contributed by atoms with E-state index in [0.717, 1.165) is 18.3 Å². The summed E-state index contributed by atoms with van der Waals surface area (Å²) in [5, 5.41) is 7.48. The Hall–Kier alpha value is -0.750. The van der Waals surface area contributed by atoms with Gasteiger partial charge in [0.25, 0.3) is 0 Å². The average molecular weight is 341 g/mol. The summed E-state index contributed by atoms with van der Waals surface area (Å²) in [4.78, 5) is 4.47. The first kappa shape index (κ1) is 18.6. The molecule has 1 aromatic heterocycles. The Labute approximate surface area is 144 Å². The van der Waals surface area contributed by atoms with Crippen LogP contribution in [0.15, 0.2) is 4.52 Å². The fourth-order valence-corrected chi connectivity index (χ4v) is 3.40. The third-order valence-corrected chi connectivity index (χ3v) is 4.94. The van der Waals surface area contributed by atoms with Gasteiger partial charge in [0, 0.05) is 22.7 Å². The second-order valence-electron chi connectivity index (χ2n) is 8.60. The second-order valence-corrected chi connectivity index (χ2v) is 10.3. The van der Waals surface area contributed by atoms with E-state index in [1.807, 2.05) is 11.9 Å². The van der Waals surface area contributed by atoms with Gasteiger partial charge in [-0.15, -0.1) is 0 Å². The van der Waals surface area contributed by atoms with Gasteiger partial charge in [0.05, 0.1) is 0 Å². The molecule has 1 aromatic rings. The van der Waals surface area contributed by atoms with Crippen molar-refractivity contribution in [2.24, 2.45) is 5.92 Å². The molecule has 1 heterocycles. The van der Waals surface area contributed by atoms with Crippen molar-refractivity contribution < 1.29 is 4.52 Å². The quantitative estimate of drug-likeness (QED) is 0.776. The zero-order valence-corrected chi connectivity index (χ0v) is 16.2. The van der Waals surface area contributed by atoms with Crippen molar-refractivity contribution >= 4 is 18.0 Å². The molecule has 5 nitrogen and oxygen atoms in total. The van der Waals surface area contributed by atoms with Crippen LogP contribution in [0.5, 0.6) is 0 Å². The van der Waals surface area contributed by atoms with E-state index in [-0.39, 0.29) is 10.2 Å². The van der Waals surface area contributed by atoms with Gasteiger partial charge in [0.1, 0.15) is 0 Å². The molecule has 0 aliphatic heterocycles. The highest BCUT2D eigenvalue weighted by atomic mass is 32.2. The Morgan fingerprint density at radius 2 is 1.74 bits per heavy atom. The zero-order valence-electron chi connectivity index (χ0n) is 15.4. The molecular formula is C17H32N4OS. The SMILES string of the molecule is CC(C)(C)SNCC1CCC(Nc2nc(C(C)(C)C)no2)CC1. The minimum absolute atomic E-state index is 0.0719. The van der Waals surface area contributed by atoms with Gasteiger partial charge >= 0.3 is 6.01 Å². The molecule has 1 aliphatic carbocycles. The van der Waals surface area contributed by atoms with Gasteiger partial charge in [0.15, 0.2) is 5.82 Å². The van der Waals surface area contributed by atoms with Crippen LogP contribution in [0, 0.1) is 5.92 Å². The smallest absolute Gasteiger partial charge is 0.321 e. The normalized spacial score (nSPS) is 23.0. The lowest BCUT2D eigenvalue weighted by Crippen LogP contribution is -2.30. The number of aromatic nitrogens is 2. The fraction of sp³-hybridized carbons (Fsp3) is 0.882. The summed E-state index contributed by atoms with van der Waals surface area (Å²) in [6.45, 7) is 14.1. The maximum absolute atomic E-state index is 5.34. The summed E-state index contributed by atoms with van der Waals surface area (Å²) in [6.07, 6.45) is 4.82. The highest BCUT2D eigenvalue weighted by Crippen LogP contribution is 2.28. The van der Waals surface area contributed by atoms with Gasteiger partial charge in [0.2, 0.25) is 0 Å². The van der Waals surface area contributed by atoms with Crippen molar-refractivity contribution in [1.29, 1.82) is 0 Å². The largest absolute Gasteiger partial charge is 0.335 e. The first-order valence-corrected chi connectivity index (χ1v) is 9.47. The van der Waals surface area contributed by atoms with Gasteiger partial charge in [-0.1, -0.05) is 37.9 Å². The van der Waals surface area contributed by atoms with Gasteiger partial charge in [-0.3, -0.25) is 4.72 Å². The van der Waals surface area contributed by atoms with Crippen LogP contribution in [0.4, 0.5) is 6.01 Å². The van der Waals surface area contributed by atoms with E-state index in [1.54, 1.807) is 0 Å². The number of hydrogen-bond donors (Lipinski definition) is 2. The lowest BCUT2D eigenvalue weighted by atomic mass is 9.86. The standard InChI is InChI=1S/C17H32N4OS/c1-16(2,3)14-20-15(22-21-14)19-13-9-7-12(8-10-13)11-18-23-17(4,5)6/h12-13,18H,7-11H2,1-6H3,(H,19,20,21). The summed E-state index contributed by atoms with van der Waals surface area (Å²) < 4.78 is 9.15. The topological polar surface area (TPSA) is 63.0 Å². The summed E-state index contributed by atoms with van der Waals surface area (Å²) in [5.41, 5.74) is -0.0719. The van der Waals surface area contributed by atoms with Crippen molar-refractivity contribution in [3.8, 4) is 0 Å². The summed E-state index contributed by atoms with van der Waals surface area (Å²) in [6, 6.07) is 1.02. The molecule has 1 fully saturated rings. The molecule has 0 spiro atoms. The molecular weight excluding hydrogens is 308 g/mol. The molecule has 0 bridgehead atoms. The molecule has 2 N–H and O–H groups in total. The van der Waals surface area contributed by atoms with Crippen molar-refractivity contribution in [1.82, 2.24) is 14.9 Å². The third kappa shape index (κ3) is 6.34. The predicted octanol–water partition coefficient (Wildman–Crippen LogP) is 4.37. The van der Waals surface area contributed by atoms with E-state index in [1.165, 1.54) is 25.7 Å². The van der Waals surface area contributed by atoms with E-state index in [9.17, 15) is 0 Å². The Balaban J connectivity index is 1.71. The summed E-state index contributed by atoms with van der Waals surface area (Å²) >= 11 is 1.84. The molecule has 6 heteroatoms. The summed E-state index contributed by atoms with van der Waals surface area (Å²) in [5.74, 6) is 1.54. The van der Waals surface area contributed by atoms with Gasteiger partial charge < -0.3 is 9.84 Å². The maximum Gasteiger partial charge on any atom is 0.321 e. The lowest BCUT2D eigenvalue weighted by molar-refractivity contribution is 0.331. The van der Waals surface area contributed by atoms with Crippen LogP contribution in [-0.2, 0) is 5.41 Å². The van der Waals surface area contributed by atoms with Crippen molar-refractivity contribution in [2.45, 2.75) is 83.4 Å². The number of rotatable bonds is 5. The highest BCUT2D eigenvalue weighted by Gasteiger charge is 2.25.